The normalized spacial score (nSPS) is 18.2. The van der Waals surface area contributed by atoms with E-state index >= 15 is 0 Å². The molecule has 1 amide bonds. The Kier molecular flexibility index (Phi) is 6.15. The zero-order chi connectivity index (χ0) is 17.6. The van der Waals surface area contributed by atoms with E-state index in [2.05, 4.69) is 22.1 Å². The summed E-state index contributed by atoms with van der Waals surface area (Å²) in [5.74, 6) is 0.389. The summed E-state index contributed by atoms with van der Waals surface area (Å²) in [6, 6.07) is 6.37. The quantitative estimate of drug-likeness (QED) is 0.843. The smallest absolute Gasteiger partial charge is 0.226 e. The van der Waals surface area contributed by atoms with Crippen molar-refractivity contribution in [2.75, 3.05) is 18.4 Å². The van der Waals surface area contributed by atoms with Crippen molar-refractivity contribution < 1.29 is 9.18 Å². The van der Waals surface area contributed by atoms with Gasteiger partial charge in [0, 0.05) is 24.9 Å². The molecule has 6 heteroatoms. The van der Waals surface area contributed by atoms with Crippen LogP contribution in [0.4, 0.5) is 9.52 Å². The highest BCUT2D eigenvalue weighted by Gasteiger charge is 2.17. The van der Waals surface area contributed by atoms with Crippen LogP contribution in [0.15, 0.2) is 29.6 Å². The van der Waals surface area contributed by atoms with Gasteiger partial charge in [0.15, 0.2) is 5.13 Å². The minimum Gasteiger partial charge on any atom is -0.302 e. The highest BCUT2D eigenvalue weighted by Crippen LogP contribution is 2.21. The molecule has 0 bridgehead atoms. The molecule has 3 rings (SSSR count). The summed E-state index contributed by atoms with van der Waals surface area (Å²) in [5.41, 5.74) is 1.84. The highest BCUT2D eigenvalue weighted by atomic mass is 32.1. The number of benzene rings is 1. The van der Waals surface area contributed by atoms with E-state index in [0.29, 0.717) is 18.0 Å². The first-order valence-corrected chi connectivity index (χ1v) is 9.67. The molecular formula is C19H24FN3OS. The van der Waals surface area contributed by atoms with Gasteiger partial charge in [0.1, 0.15) is 5.82 Å². The van der Waals surface area contributed by atoms with Gasteiger partial charge in [-0.25, -0.2) is 9.37 Å². The molecule has 1 atom stereocenters. The molecule has 0 aliphatic carbocycles. The lowest BCUT2D eigenvalue weighted by Gasteiger charge is -2.30. The van der Waals surface area contributed by atoms with E-state index in [0.717, 1.165) is 36.8 Å². The number of aryl methyl sites for hydroxylation is 1. The van der Waals surface area contributed by atoms with Gasteiger partial charge in [-0.15, -0.1) is 11.3 Å². The number of hydrogen-bond donors (Lipinski definition) is 1. The monoisotopic (exact) mass is 361 g/mol. The third-order valence-corrected chi connectivity index (χ3v) is 5.26. The Morgan fingerprint density at radius 3 is 3.16 bits per heavy atom. The Bertz CT molecular complexity index is 718. The molecule has 1 N–H and O–H groups in total. The van der Waals surface area contributed by atoms with Crippen molar-refractivity contribution >= 4 is 22.4 Å². The molecular weight excluding hydrogens is 337 g/mol. The number of halogens is 1. The number of likely N-dealkylation sites (tertiary alicyclic amines) is 1. The number of carbonyl (C=O) groups is 1. The summed E-state index contributed by atoms with van der Waals surface area (Å²) < 4.78 is 13.1. The van der Waals surface area contributed by atoms with Crippen LogP contribution in [-0.2, 0) is 17.8 Å². The van der Waals surface area contributed by atoms with Crippen molar-refractivity contribution in [3.8, 4) is 0 Å². The number of anilines is 1. The fraction of sp³-hybridized carbons (Fsp3) is 0.474. The van der Waals surface area contributed by atoms with Gasteiger partial charge in [-0.3, -0.25) is 9.69 Å². The summed E-state index contributed by atoms with van der Waals surface area (Å²) in [5, 5.41) is 5.51. The van der Waals surface area contributed by atoms with Gasteiger partial charge in [-0.1, -0.05) is 19.1 Å². The van der Waals surface area contributed by atoms with Crippen LogP contribution in [0.3, 0.4) is 0 Å². The van der Waals surface area contributed by atoms with Crippen LogP contribution in [0.1, 0.15) is 37.4 Å². The van der Waals surface area contributed by atoms with Gasteiger partial charge >= 0.3 is 0 Å². The van der Waals surface area contributed by atoms with Gasteiger partial charge < -0.3 is 5.32 Å². The van der Waals surface area contributed by atoms with Crippen molar-refractivity contribution in [1.29, 1.82) is 0 Å². The average molecular weight is 361 g/mol. The topological polar surface area (TPSA) is 45.2 Å². The average Bonchev–Trinajstić information content (AvgIpc) is 3.00. The van der Waals surface area contributed by atoms with Gasteiger partial charge in [-0.2, -0.15) is 0 Å². The standard InChI is InChI=1S/C19H24FN3OS/c1-14-4-3-9-23(11-14)12-17-13-25-19(21-17)22-18(24)8-7-15-5-2-6-16(20)10-15/h2,5-6,10,13-14H,3-4,7-9,11-12H2,1H3,(H,21,22,24). The molecule has 1 aliphatic rings. The SMILES string of the molecule is CC1CCCN(Cc2csc(NC(=O)CCc3cccc(F)c3)n2)C1. The molecule has 1 saturated heterocycles. The molecule has 0 saturated carbocycles. The van der Waals surface area contributed by atoms with E-state index in [1.807, 2.05) is 11.4 Å². The lowest BCUT2D eigenvalue weighted by molar-refractivity contribution is -0.116. The Labute approximate surface area is 152 Å². The van der Waals surface area contributed by atoms with Crippen LogP contribution in [0, 0.1) is 11.7 Å². The Morgan fingerprint density at radius 2 is 2.36 bits per heavy atom. The van der Waals surface area contributed by atoms with Crippen LogP contribution in [-0.4, -0.2) is 28.9 Å². The van der Waals surface area contributed by atoms with E-state index in [1.54, 1.807) is 6.07 Å². The zero-order valence-electron chi connectivity index (χ0n) is 14.5. The lowest BCUT2D eigenvalue weighted by atomic mass is 10.0. The number of piperidine rings is 1. The largest absolute Gasteiger partial charge is 0.302 e. The predicted molar refractivity (Wildman–Crippen MR) is 99.1 cm³/mol. The zero-order valence-corrected chi connectivity index (χ0v) is 15.3. The number of rotatable bonds is 6. The Balaban J connectivity index is 1.46. The van der Waals surface area contributed by atoms with Crippen molar-refractivity contribution in [1.82, 2.24) is 9.88 Å². The number of carbonyl (C=O) groups excluding carboxylic acids is 1. The summed E-state index contributed by atoms with van der Waals surface area (Å²) in [6.45, 7) is 5.38. The molecule has 1 fully saturated rings. The van der Waals surface area contributed by atoms with Gasteiger partial charge in [0.25, 0.3) is 0 Å². The summed E-state index contributed by atoms with van der Waals surface area (Å²) in [4.78, 5) is 19.0. The van der Waals surface area contributed by atoms with E-state index in [-0.39, 0.29) is 11.7 Å². The third kappa shape index (κ3) is 5.61. The van der Waals surface area contributed by atoms with Crippen molar-refractivity contribution in [3.05, 3.63) is 46.7 Å². The van der Waals surface area contributed by atoms with Gasteiger partial charge in [0.2, 0.25) is 5.91 Å². The molecule has 1 unspecified atom stereocenters. The number of amides is 1. The second-order valence-electron chi connectivity index (χ2n) is 6.80. The maximum atomic E-state index is 13.1. The maximum absolute atomic E-state index is 13.1. The molecule has 0 radical (unpaired) electrons. The van der Waals surface area contributed by atoms with Crippen LogP contribution in [0.2, 0.25) is 0 Å². The first-order chi connectivity index (χ1) is 12.1. The fourth-order valence-corrected chi connectivity index (χ4v) is 3.95. The van der Waals surface area contributed by atoms with Crippen molar-refractivity contribution in [3.63, 3.8) is 0 Å². The molecule has 2 aromatic rings. The van der Waals surface area contributed by atoms with E-state index in [1.165, 1.54) is 36.3 Å². The minimum absolute atomic E-state index is 0.0863. The highest BCUT2D eigenvalue weighted by molar-refractivity contribution is 7.13. The number of nitrogens with zero attached hydrogens (tertiary/aromatic N) is 2. The van der Waals surface area contributed by atoms with Crippen LogP contribution in [0.25, 0.3) is 0 Å². The molecule has 4 nitrogen and oxygen atoms in total. The molecule has 134 valence electrons. The molecule has 25 heavy (non-hydrogen) atoms. The van der Waals surface area contributed by atoms with E-state index in [9.17, 15) is 9.18 Å². The molecule has 1 aromatic heterocycles. The Morgan fingerprint density at radius 1 is 1.48 bits per heavy atom. The van der Waals surface area contributed by atoms with Crippen molar-refractivity contribution in [2.24, 2.45) is 5.92 Å². The third-order valence-electron chi connectivity index (χ3n) is 4.45. The van der Waals surface area contributed by atoms with Gasteiger partial charge in [-0.05, 0) is 49.4 Å². The van der Waals surface area contributed by atoms with Crippen LogP contribution in [0.5, 0.6) is 0 Å². The Hall–Kier alpha value is -1.79. The van der Waals surface area contributed by atoms with E-state index < -0.39 is 0 Å². The number of aromatic nitrogens is 1. The first kappa shape index (κ1) is 18.0. The molecule has 2 heterocycles. The number of thiazole rings is 1. The van der Waals surface area contributed by atoms with Gasteiger partial charge in [0.05, 0.1) is 5.69 Å². The summed E-state index contributed by atoms with van der Waals surface area (Å²) in [7, 11) is 0. The second kappa shape index (κ2) is 8.54. The second-order valence-corrected chi connectivity index (χ2v) is 7.66. The molecule has 1 aromatic carbocycles. The van der Waals surface area contributed by atoms with Crippen LogP contribution < -0.4 is 5.32 Å². The first-order valence-electron chi connectivity index (χ1n) is 8.79. The van der Waals surface area contributed by atoms with Crippen molar-refractivity contribution in [2.45, 2.75) is 39.2 Å². The lowest BCUT2D eigenvalue weighted by Crippen LogP contribution is -2.33. The maximum Gasteiger partial charge on any atom is 0.226 e. The summed E-state index contributed by atoms with van der Waals surface area (Å²) >= 11 is 1.46. The minimum atomic E-state index is -0.269. The number of nitrogens with one attached hydrogen (secondary N) is 1. The predicted octanol–water partition coefficient (Wildman–Crippen LogP) is 4.09. The fourth-order valence-electron chi connectivity index (χ4n) is 3.23. The molecule has 1 aliphatic heterocycles. The van der Waals surface area contributed by atoms with E-state index in [4.69, 9.17) is 0 Å². The van der Waals surface area contributed by atoms with Crippen LogP contribution >= 0.6 is 11.3 Å². The number of hydrogen-bond acceptors (Lipinski definition) is 4. The summed E-state index contributed by atoms with van der Waals surface area (Å²) in [6.07, 6.45) is 3.39. The molecule has 0 spiro atoms.